The van der Waals surface area contributed by atoms with Gasteiger partial charge in [0, 0.05) is 6.04 Å². The summed E-state index contributed by atoms with van der Waals surface area (Å²) in [5.74, 6) is 0.669. The van der Waals surface area contributed by atoms with Crippen molar-refractivity contribution in [3.05, 3.63) is 0 Å². The number of hydrogen-bond acceptors (Lipinski definition) is 2. The van der Waals surface area contributed by atoms with Crippen molar-refractivity contribution in [2.75, 3.05) is 0 Å². The minimum atomic E-state index is -0.337. The molecule has 0 radical (unpaired) electrons. The monoisotopic (exact) mass is 248 g/mol. The van der Waals surface area contributed by atoms with Crippen LogP contribution in [0.5, 0.6) is 0 Å². The average Bonchev–Trinajstić information content (AvgIpc) is 2.29. The van der Waals surface area contributed by atoms with Gasteiger partial charge in [0.25, 0.3) is 0 Å². The van der Waals surface area contributed by atoms with Gasteiger partial charge in [-0.05, 0) is 32.1 Å². The van der Waals surface area contributed by atoms with Crippen molar-refractivity contribution in [3.63, 3.8) is 0 Å². The minimum Gasteiger partial charge on any atom is -0.352 e. The Morgan fingerprint density at radius 1 is 1.38 bits per heavy atom. The molecule has 0 saturated heterocycles. The highest BCUT2D eigenvalue weighted by Gasteiger charge is 2.22. The summed E-state index contributed by atoms with van der Waals surface area (Å²) >= 11 is 0. The van der Waals surface area contributed by atoms with Crippen LogP contribution in [0.15, 0.2) is 0 Å². The van der Waals surface area contributed by atoms with E-state index < -0.39 is 0 Å². The highest BCUT2D eigenvalue weighted by atomic mass is 35.5. The maximum Gasteiger partial charge on any atom is 0.237 e. The molecule has 1 unspecified atom stereocenters. The second kappa shape index (κ2) is 7.91. The van der Waals surface area contributed by atoms with Gasteiger partial charge in [0.15, 0.2) is 0 Å². The van der Waals surface area contributed by atoms with Crippen molar-refractivity contribution >= 4 is 18.3 Å². The van der Waals surface area contributed by atoms with Crippen molar-refractivity contribution in [3.8, 4) is 0 Å². The number of carbonyl (C=O) groups is 1. The third-order valence-electron chi connectivity index (χ3n) is 3.50. The lowest BCUT2D eigenvalue weighted by Crippen LogP contribution is -2.46. The number of carbonyl (C=O) groups excluding carboxylic acids is 1. The molecule has 1 amide bonds. The molecule has 0 aromatic carbocycles. The number of nitrogens with one attached hydrogen (secondary N) is 1. The van der Waals surface area contributed by atoms with E-state index in [4.69, 9.17) is 5.73 Å². The molecule has 0 heterocycles. The molecule has 3 nitrogen and oxygen atoms in total. The predicted octanol–water partition coefficient (Wildman–Crippen LogP) is 2.23. The SMILES string of the molecule is CC[C@H](N)C(=O)NC(C)C1CCCCC1.Cl. The van der Waals surface area contributed by atoms with Crippen LogP contribution >= 0.6 is 12.4 Å². The van der Waals surface area contributed by atoms with E-state index in [9.17, 15) is 4.79 Å². The van der Waals surface area contributed by atoms with Gasteiger partial charge in [0.1, 0.15) is 0 Å². The molecule has 0 aromatic rings. The molecule has 2 atom stereocenters. The summed E-state index contributed by atoms with van der Waals surface area (Å²) in [7, 11) is 0. The Balaban J connectivity index is 0.00000225. The van der Waals surface area contributed by atoms with Gasteiger partial charge >= 0.3 is 0 Å². The first-order valence-electron chi connectivity index (χ1n) is 6.21. The van der Waals surface area contributed by atoms with Crippen molar-refractivity contribution in [2.24, 2.45) is 11.7 Å². The van der Waals surface area contributed by atoms with E-state index in [0.29, 0.717) is 12.3 Å². The van der Waals surface area contributed by atoms with Crippen LogP contribution in [-0.4, -0.2) is 18.0 Å². The molecule has 1 fully saturated rings. The van der Waals surface area contributed by atoms with E-state index >= 15 is 0 Å². The second-order valence-corrected chi connectivity index (χ2v) is 4.71. The van der Waals surface area contributed by atoms with E-state index in [2.05, 4.69) is 12.2 Å². The first-order valence-corrected chi connectivity index (χ1v) is 6.21. The number of nitrogens with two attached hydrogens (primary N) is 1. The summed E-state index contributed by atoms with van der Waals surface area (Å²) < 4.78 is 0. The topological polar surface area (TPSA) is 55.1 Å². The Labute approximate surface area is 105 Å². The van der Waals surface area contributed by atoms with E-state index in [0.717, 1.165) is 0 Å². The largest absolute Gasteiger partial charge is 0.352 e. The molecule has 1 aliphatic carbocycles. The van der Waals surface area contributed by atoms with Crippen molar-refractivity contribution in [1.29, 1.82) is 0 Å². The molecule has 1 rings (SSSR count). The van der Waals surface area contributed by atoms with Gasteiger partial charge in [-0.25, -0.2) is 0 Å². The second-order valence-electron chi connectivity index (χ2n) is 4.71. The lowest BCUT2D eigenvalue weighted by molar-refractivity contribution is -0.123. The average molecular weight is 249 g/mol. The number of rotatable bonds is 4. The highest BCUT2D eigenvalue weighted by Crippen LogP contribution is 2.26. The Morgan fingerprint density at radius 2 is 1.94 bits per heavy atom. The van der Waals surface area contributed by atoms with Crippen molar-refractivity contribution in [2.45, 2.75) is 64.5 Å². The van der Waals surface area contributed by atoms with Gasteiger partial charge in [-0.3, -0.25) is 4.79 Å². The maximum absolute atomic E-state index is 11.6. The molecule has 1 saturated carbocycles. The highest BCUT2D eigenvalue weighted by molar-refractivity contribution is 5.85. The van der Waals surface area contributed by atoms with Gasteiger partial charge in [-0.2, -0.15) is 0 Å². The zero-order valence-corrected chi connectivity index (χ0v) is 11.2. The molecule has 0 aromatic heterocycles. The van der Waals surface area contributed by atoms with Gasteiger partial charge in [0.2, 0.25) is 5.91 Å². The van der Waals surface area contributed by atoms with E-state index in [-0.39, 0.29) is 30.4 Å². The molecule has 0 aliphatic heterocycles. The Morgan fingerprint density at radius 3 is 2.44 bits per heavy atom. The standard InChI is InChI=1S/C12H24N2O.ClH/c1-3-11(13)12(15)14-9(2)10-7-5-4-6-8-10;/h9-11H,3-8,13H2,1-2H3,(H,14,15);1H/t9?,11-;/m0./s1. The van der Waals surface area contributed by atoms with Gasteiger partial charge in [0.05, 0.1) is 6.04 Å². The van der Waals surface area contributed by atoms with Gasteiger partial charge in [-0.15, -0.1) is 12.4 Å². The predicted molar refractivity (Wildman–Crippen MR) is 69.7 cm³/mol. The molecule has 0 spiro atoms. The van der Waals surface area contributed by atoms with E-state index in [1.54, 1.807) is 0 Å². The summed E-state index contributed by atoms with van der Waals surface area (Å²) in [6.07, 6.45) is 7.19. The summed E-state index contributed by atoms with van der Waals surface area (Å²) in [5.41, 5.74) is 5.68. The fraction of sp³-hybridized carbons (Fsp3) is 0.917. The quantitative estimate of drug-likeness (QED) is 0.802. The fourth-order valence-corrected chi connectivity index (χ4v) is 2.27. The fourth-order valence-electron chi connectivity index (χ4n) is 2.27. The van der Waals surface area contributed by atoms with Gasteiger partial charge < -0.3 is 11.1 Å². The molecule has 4 heteroatoms. The molecular formula is C12H25ClN2O. The maximum atomic E-state index is 11.6. The molecule has 1 aliphatic rings. The number of halogens is 1. The Bertz CT molecular complexity index is 205. The zero-order chi connectivity index (χ0) is 11.3. The summed E-state index contributed by atoms with van der Waals surface area (Å²) in [5, 5.41) is 3.04. The number of amides is 1. The summed E-state index contributed by atoms with van der Waals surface area (Å²) in [4.78, 5) is 11.6. The Hall–Kier alpha value is -0.280. The molecule has 3 N–H and O–H groups in total. The van der Waals surface area contributed by atoms with Gasteiger partial charge in [-0.1, -0.05) is 26.2 Å². The van der Waals surface area contributed by atoms with Crippen LogP contribution in [0.1, 0.15) is 52.4 Å². The third kappa shape index (κ3) is 4.71. The Kier molecular flexibility index (Phi) is 7.77. The zero-order valence-electron chi connectivity index (χ0n) is 10.4. The smallest absolute Gasteiger partial charge is 0.237 e. The van der Waals surface area contributed by atoms with Crippen LogP contribution in [-0.2, 0) is 4.79 Å². The van der Waals surface area contributed by atoms with E-state index in [1.807, 2.05) is 6.92 Å². The van der Waals surface area contributed by atoms with Crippen LogP contribution in [0, 0.1) is 5.92 Å². The van der Waals surface area contributed by atoms with Crippen LogP contribution in [0.4, 0.5) is 0 Å². The first kappa shape index (κ1) is 15.7. The van der Waals surface area contributed by atoms with Crippen LogP contribution in [0.2, 0.25) is 0 Å². The summed E-state index contributed by atoms with van der Waals surface area (Å²) in [6.45, 7) is 4.05. The molecular weight excluding hydrogens is 224 g/mol. The minimum absolute atomic E-state index is 0. The molecule has 0 bridgehead atoms. The third-order valence-corrected chi connectivity index (χ3v) is 3.50. The lowest BCUT2D eigenvalue weighted by Gasteiger charge is -2.29. The molecule has 16 heavy (non-hydrogen) atoms. The first-order chi connectivity index (χ1) is 7.15. The van der Waals surface area contributed by atoms with Crippen LogP contribution < -0.4 is 11.1 Å². The van der Waals surface area contributed by atoms with E-state index in [1.165, 1.54) is 32.1 Å². The summed E-state index contributed by atoms with van der Waals surface area (Å²) in [6, 6.07) is -0.0496. The van der Waals surface area contributed by atoms with Crippen molar-refractivity contribution in [1.82, 2.24) is 5.32 Å². The number of hydrogen-bond donors (Lipinski definition) is 2. The van der Waals surface area contributed by atoms with Crippen LogP contribution in [0.3, 0.4) is 0 Å². The normalized spacial score (nSPS) is 20.7. The van der Waals surface area contributed by atoms with Crippen LogP contribution in [0.25, 0.3) is 0 Å². The lowest BCUT2D eigenvalue weighted by atomic mass is 9.84. The molecule has 96 valence electrons. The van der Waals surface area contributed by atoms with Crippen molar-refractivity contribution < 1.29 is 4.79 Å².